The van der Waals surface area contributed by atoms with Gasteiger partial charge in [-0.1, -0.05) is 23.4 Å². The van der Waals surface area contributed by atoms with Crippen LogP contribution in [0.3, 0.4) is 0 Å². The molecule has 1 N–H and O–H groups in total. The van der Waals surface area contributed by atoms with Crippen LogP contribution in [0.5, 0.6) is 11.5 Å². The van der Waals surface area contributed by atoms with Gasteiger partial charge < -0.3 is 14.6 Å². The molecular weight excluding hydrogens is 398 g/mol. The number of fused-ring (bicyclic) bond motifs is 1. The zero-order valence-corrected chi connectivity index (χ0v) is 17.6. The van der Waals surface area contributed by atoms with E-state index in [1.807, 2.05) is 24.3 Å². The highest BCUT2D eigenvalue weighted by molar-refractivity contribution is 5.82. The standard InChI is InChI=1S/C22H23N5O4/c1-14-23-18-11-21(31-3)20(30-2)10-17(18)22(29)27(14)19-7-5-4-6-15(19)12-26-13-16(8-9-28)24-25-26/h4-7,10-11,13,28H,8-9,12H2,1-3H3. The van der Waals surface area contributed by atoms with Crippen LogP contribution in [0.1, 0.15) is 17.1 Å². The molecule has 9 heteroatoms. The van der Waals surface area contributed by atoms with Crippen molar-refractivity contribution in [2.75, 3.05) is 20.8 Å². The fraction of sp³-hybridized carbons (Fsp3) is 0.273. The smallest absolute Gasteiger partial charge is 0.266 e. The molecule has 0 spiro atoms. The number of para-hydroxylation sites is 1. The highest BCUT2D eigenvalue weighted by atomic mass is 16.5. The van der Waals surface area contributed by atoms with E-state index in [2.05, 4.69) is 15.3 Å². The summed E-state index contributed by atoms with van der Waals surface area (Å²) in [6.45, 7) is 2.23. The van der Waals surface area contributed by atoms with Gasteiger partial charge in [-0.2, -0.15) is 0 Å². The van der Waals surface area contributed by atoms with Crippen LogP contribution in [0.4, 0.5) is 0 Å². The minimum atomic E-state index is -0.199. The van der Waals surface area contributed by atoms with E-state index in [-0.39, 0.29) is 12.2 Å². The Morgan fingerprint density at radius 3 is 2.58 bits per heavy atom. The van der Waals surface area contributed by atoms with Crippen LogP contribution < -0.4 is 15.0 Å². The number of aryl methyl sites for hydroxylation is 1. The Kier molecular flexibility index (Phi) is 5.68. The molecular formula is C22H23N5O4. The lowest BCUT2D eigenvalue weighted by atomic mass is 10.1. The number of hydrogen-bond donors (Lipinski definition) is 1. The summed E-state index contributed by atoms with van der Waals surface area (Å²) < 4.78 is 14.0. The molecule has 0 unspecified atom stereocenters. The third kappa shape index (κ3) is 3.87. The molecule has 0 saturated heterocycles. The summed E-state index contributed by atoms with van der Waals surface area (Å²) in [7, 11) is 3.08. The first-order valence-corrected chi connectivity index (χ1v) is 9.79. The van der Waals surface area contributed by atoms with Gasteiger partial charge in [-0.05, 0) is 24.6 Å². The molecule has 31 heavy (non-hydrogen) atoms. The minimum Gasteiger partial charge on any atom is -0.493 e. The molecule has 0 amide bonds. The van der Waals surface area contributed by atoms with Gasteiger partial charge in [0.25, 0.3) is 5.56 Å². The predicted octanol–water partition coefficient (Wildman–Crippen LogP) is 1.89. The summed E-state index contributed by atoms with van der Waals surface area (Å²) in [6, 6.07) is 11.0. The van der Waals surface area contributed by atoms with Crippen molar-refractivity contribution in [3.8, 4) is 17.2 Å². The molecule has 0 saturated carbocycles. The van der Waals surface area contributed by atoms with E-state index in [0.29, 0.717) is 52.6 Å². The SMILES string of the molecule is COc1cc2nc(C)n(-c3ccccc3Cn3cc(CCO)nn3)c(=O)c2cc1OC. The zero-order chi connectivity index (χ0) is 22.0. The van der Waals surface area contributed by atoms with E-state index >= 15 is 0 Å². The molecule has 9 nitrogen and oxygen atoms in total. The Morgan fingerprint density at radius 1 is 1.10 bits per heavy atom. The van der Waals surface area contributed by atoms with Crippen LogP contribution in [0.15, 0.2) is 47.4 Å². The fourth-order valence-corrected chi connectivity index (χ4v) is 3.59. The van der Waals surface area contributed by atoms with Crippen molar-refractivity contribution < 1.29 is 14.6 Å². The normalized spacial score (nSPS) is 11.1. The van der Waals surface area contributed by atoms with Crippen molar-refractivity contribution in [3.05, 3.63) is 70.0 Å². The van der Waals surface area contributed by atoms with Crippen molar-refractivity contribution in [1.29, 1.82) is 0 Å². The maximum atomic E-state index is 13.5. The molecule has 0 fully saturated rings. The maximum absolute atomic E-state index is 13.5. The maximum Gasteiger partial charge on any atom is 0.266 e. The van der Waals surface area contributed by atoms with E-state index < -0.39 is 0 Å². The molecule has 0 aliphatic heterocycles. The molecule has 2 aromatic heterocycles. The fourth-order valence-electron chi connectivity index (χ4n) is 3.59. The second-order valence-corrected chi connectivity index (χ2v) is 7.03. The van der Waals surface area contributed by atoms with Gasteiger partial charge in [0.1, 0.15) is 5.82 Å². The highest BCUT2D eigenvalue weighted by Crippen LogP contribution is 2.30. The number of nitrogens with zero attached hydrogens (tertiary/aromatic N) is 5. The van der Waals surface area contributed by atoms with Gasteiger partial charge in [0.2, 0.25) is 0 Å². The van der Waals surface area contributed by atoms with Crippen LogP contribution in [0.25, 0.3) is 16.6 Å². The Bertz CT molecular complexity index is 1300. The van der Waals surface area contributed by atoms with Gasteiger partial charge in [-0.15, -0.1) is 5.10 Å². The summed E-state index contributed by atoms with van der Waals surface area (Å²) in [5.41, 5.74) is 2.65. The van der Waals surface area contributed by atoms with E-state index in [1.54, 1.807) is 41.6 Å². The number of aliphatic hydroxyl groups is 1. The number of methoxy groups -OCH3 is 2. The van der Waals surface area contributed by atoms with E-state index in [1.165, 1.54) is 7.11 Å². The lowest BCUT2D eigenvalue weighted by molar-refractivity contribution is 0.298. The molecule has 0 radical (unpaired) electrons. The molecule has 4 rings (SSSR count). The number of aliphatic hydroxyl groups excluding tert-OH is 1. The zero-order valence-electron chi connectivity index (χ0n) is 17.6. The molecule has 0 atom stereocenters. The van der Waals surface area contributed by atoms with Gasteiger partial charge in [0.15, 0.2) is 11.5 Å². The summed E-state index contributed by atoms with van der Waals surface area (Å²) in [5.74, 6) is 1.54. The third-order valence-electron chi connectivity index (χ3n) is 5.06. The van der Waals surface area contributed by atoms with Crippen molar-refractivity contribution in [2.24, 2.45) is 0 Å². The number of hydrogen-bond acceptors (Lipinski definition) is 7. The van der Waals surface area contributed by atoms with Crippen molar-refractivity contribution in [1.82, 2.24) is 24.5 Å². The van der Waals surface area contributed by atoms with Crippen LogP contribution in [0.2, 0.25) is 0 Å². The number of ether oxygens (including phenoxy) is 2. The second-order valence-electron chi connectivity index (χ2n) is 7.03. The average Bonchev–Trinajstić information content (AvgIpc) is 3.21. The van der Waals surface area contributed by atoms with E-state index in [0.717, 1.165) is 5.56 Å². The average molecular weight is 421 g/mol. The van der Waals surface area contributed by atoms with Crippen LogP contribution >= 0.6 is 0 Å². The first kappa shape index (κ1) is 20.5. The quantitative estimate of drug-likeness (QED) is 0.486. The molecule has 2 heterocycles. The third-order valence-corrected chi connectivity index (χ3v) is 5.06. The molecule has 160 valence electrons. The monoisotopic (exact) mass is 421 g/mol. The minimum absolute atomic E-state index is 0.0148. The second kappa shape index (κ2) is 8.57. The first-order chi connectivity index (χ1) is 15.0. The van der Waals surface area contributed by atoms with E-state index in [9.17, 15) is 4.79 Å². The molecule has 0 bridgehead atoms. The van der Waals surface area contributed by atoms with Crippen molar-refractivity contribution >= 4 is 10.9 Å². The largest absolute Gasteiger partial charge is 0.493 e. The van der Waals surface area contributed by atoms with Crippen LogP contribution in [0, 0.1) is 6.92 Å². The van der Waals surface area contributed by atoms with Gasteiger partial charge in [-0.25, -0.2) is 9.67 Å². The van der Waals surface area contributed by atoms with E-state index in [4.69, 9.17) is 14.6 Å². The lowest BCUT2D eigenvalue weighted by Gasteiger charge is -2.16. The summed E-state index contributed by atoms with van der Waals surface area (Å²) >= 11 is 0. The lowest BCUT2D eigenvalue weighted by Crippen LogP contribution is -2.24. The Hall–Kier alpha value is -3.72. The molecule has 4 aromatic rings. The Morgan fingerprint density at radius 2 is 1.84 bits per heavy atom. The van der Waals surface area contributed by atoms with Gasteiger partial charge in [-0.3, -0.25) is 9.36 Å². The van der Waals surface area contributed by atoms with Crippen LogP contribution in [-0.4, -0.2) is 50.5 Å². The molecule has 0 aliphatic rings. The molecule has 0 aliphatic carbocycles. The summed E-state index contributed by atoms with van der Waals surface area (Å²) in [4.78, 5) is 18.1. The van der Waals surface area contributed by atoms with Crippen LogP contribution in [-0.2, 0) is 13.0 Å². The Labute approximate surface area is 178 Å². The highest BCUT2D eigenvalue weighted by Gasteiger charge is 2.16. The van der Waals surface area contributed by atoms with Gasteiger partial charge >= 0.3 is 0 Å². The summed E-state index contributed by atoms with van der Waals surface area (Å²) in [5, 5.41) is 17.7. The predicted molar refractivity (Wildman–Crippen MR) is 115 cm³/mol. The number of rotatable bonds is 7. The Balaban J connectivity index is 1.84. The first-order valence-electron chi connectivity index (χ1n) is 9.79. The summed E-state index contributed by atoms with van der Waals surface area (Å²) in [6.07, 6.45) is 2.23. The van der Waals surface area contributed by atoms with Crippen molar-refractivity contribution in [2.45, 2.75) is 19.9 Å². The number of aromatic nitrogens is 5. The van der Waals surface area contributed by atoms with Gasteiger partial charge in [0, 0.05) is 25.3 Å². The topological polar surface area (TPSA) is 104 Å². The number of benzene rings is 2. The molecule has 2 aromatic carbocycles. The van der Waals surface area contributed by atoms with Crippen molar-refractivity contribution in [3.63, 3.8) is 0 Å². The van der Waals surface area contributed by atoms with Gasteiger partial charge in [0.05, 0.1) is 43.0 Å².